The summed E-state index contributed by atoms with van der Waals surface area (Å²) in [5, 5.41) is 0. The lowest BCUT2D eigenvalue weighted by Crippen LogP contribution is -2.14. The van der Waals surface area contributed by atoms with Gasteiger partial charge in [0, 0.05) is 22.1 Å². The molecule has 0 fully saturated rings. The Balaban J connectivity index is 1.33. The van der Waals surface area contributed by atoms with Crippen molar-refractivity contribution < 1.29 is 0 Å². The lowest BCUT2D eigenvalue weighted by Gasteiger charge is -2.29. The minimum atomic E-state index is -0.0315. The number of hydrogen-bond acceptors (Lipinski definition) is 2. The predicted molar refractivity (Wildman–Crippen MR) is 208 cm³/mol. The van der Waals surface area contributed by atoms with Gasteiger partial charge in [0.05, 0.1) is 11.4 Å². The standard InChI is InChI=1S/C47H48N2/c1-45(2,3)35-17-14-20-39(46(4,5)6)36(27-26-35)31-21-23-32(24-22-31)42-30-43(49-44(48-42)33-15-10-9-11-16-33)34-25-28-41-38(29-34)37-18-12-13-19-40(37)47(41,7)8/h9-13,15-16,18-30H,14,17H2,1-8H3/b35-26-,36-27?,39-20?. The molecule has 0 spiro atoms. The molecule has 0 unspecified atom stereocenters. The number of allylic oxidation sites excluding steroid dienone is 6. The molecule has 0 saturated heterocycles. The van der Waals surface area contributed by atoms with Crippen LogP contribution in [0.2, 0.25) is 0 Å². The summed E-state index contributed by atoms with van der Waals surface area (Å²) in [7, 11) is 0. The van der Waals surface area contributed by atoms with Gasteiger partial charge in [0.15, 0.2) is 5.82 Å². The Morgan fingerprint density at radius 2 is 1.16 bits per heavy atom. The van der Waals surface area contributed by atoms with E-state index in [9.17, 15) is 0 Å². The Kier molecular flexibility index (Phi) is 8.18. The van der Waals surface area contributed by atoms with Crippen LogP contribution < -0.4 is 0 Å². The van der Waals surface area contributed by atoms with Crippen LogP contribution in [0.1, 0.15) is 84.9 Å². The van der Waals surface area contributed by atoms with Crippen LogP contribution in [0.5, 0.6) is 0 Å². The summed E-state index contributed by atoms with van der Waals surface area (Å²) in [4.78, 5) is 10.3. The number of aromatic nitrogens is 2. The number of benzene rings is 4. The summed E-state index contributed by atoms with van der Waals surface area (Å²) in [5.41, 5.74) is 16.0. The molecule has 0 radical (unpaired) electrons. The fraction of sp³-hybridized carbons (Fsp3) is 0.277. The number of fused-ring (bicyclic) bond motifs is 3. The fourth-order valence-corrected chi connectivity index (χ4v) is 7.59. The van der Waals surface area contributed by atoms with Gasteiger partial charge in [0.1, 0.15) is 0 Å². The topological polar surface area (TPSA) is 25.8 Å². The second kappa shape index (κ2) is 12.3. The van der Waals surface area contributed by atoms with Crippen LogP contribution in [-0.2, 0) is 5.41 Å². The van der Waals surface area contributed by atoms with Crippen molar-refractivity contribution in [2.75, 3.05) is 0 Å². The minimum Gasteiger partial charge on any atom is -0.228 e. The van der Waals surface area contributed by atoms with Gasteiger partial charge in [-0.05, 0) is 74.8 Å². The highest BCUT2D eigenvalue weighted by molar-refractivity contribution is 5.85. The molecule has 0 amide bonds. The van der Waals surface area contributed by atoms with Crippen molar-refractivity contribution >= 4 is 5.57 Å². The zero-order valence-corrected chi connectivity index (χ0v) is 30.4. The maximum atomic E-state index is 5.16. The van der Waals surface area contributed by atoms with Crippen LogP contribution in [0.4, 0.5) is 0 Å². The van der Waals surface area contributed by atoms with Gasteiger partial charge in [-0.3, -0.25) is 0 Å². The van der Waals surface area contributed by atoms with Crippen LogP contribution in [-0.4, -0.2) is 9.97 Å². The molecule has 7 rings (SSSR count). The van der Waals surface area contributed by atoms with Gasteiger partial charge in [-0.2, -0.15) is 0 Å². The van der Waals surface area contributed by atoms with E-state index in [4.69, 9.17) is 9.97 Å². The molecule has 2 aliphatic rings. The number of hydrogen-bond donors (Lipinski definition) is 0. The molecule has 246 valence electrons. The second-order valence-electron chi connectivity index (χ2n) is 16.3. The summed E-state index contributed by atoms with van der Waals surface area (Å²) in [6, 6.07) is 37.1. The first-order valence-corrected chi connectivity index (χ1v) is 17.7. The Bertz CT molecular complexity index is 2130. The molecule has 49 heavy (non-hydrogen) atoms. The van der Waals surface area contributed by atoms with E-state index in [0.717, 1.165) is 46.7 Å². The highest BCUT2D eigenvalue weighted by atomic mass is 14.9. The average Bonchev–Trinajstić information content (AvgIpc) is 3.30. The van der Waals surface area contributed by atoms with E-state index in [1.807, 2.05) is 6.07 Å². The Hall–Kier alpha value is -4.82. The SMILES string of the molecule is CC(C)(C)C1=CCC/C(C(C)(C)C)=C/C=C1c1ccc(-c2cc(-c3ccc4c(c3)-c3ccccc3C4(C)C)nc(-c3ccccc3)n2)cc1. The summed E-state index contributed by atoms with van der Waals surface area (Å²) < 4.78 is 0. The van der Waals surface area contributed by atoms with Gasteiger partial charge in [-0.15, -0.1) is 0 Å². The molecule has 0 saturated carbocycles. The molecule has 0 N–H and O–H groups in total. The third kappa shape index (κ3) is 6.26. The Labute approximate surface area is 293 Å². The van der Waals surface area contributed by atoms with Crippen molar-refractivity contribution in [1.82, 2.24) is 9.97 Å². The van der Waals surface area contributed by atoms with Crippen molar-refractivity contribution in [1.29, 1.82) is 0 Å². The number of rotatable bonds is 4. The maximum Gasteiger partial charge on any atom is 0.160 e. The van der Waals surface area contributed by atoms with Crippen LogP contribution in [0.15, 0.2) is 133 Å². The molecule has 2 aliphatic carbocycles. The fourth-order valence-electron chi connectivity index (χ4n) is 7.59. The zero-order chi connectivity index (χ0) is 34.6. The monoisotopic (exact) mass is 640 g/mol. The first-order chi connectivity index (χ1) is 23.3. The largest absolute Gasteiger partial charge is 0.228 e. The summed E-state index contributed by atoms with van der Waals surface area (Å²) >= 11 is 0. The van der Waals surface area contributed by atoms with Crippen molar-refractivity contribution in [3.8, 4) is 45.0 Å². The van der Waals surface area contributed by atoms with Crippen LogP contribution >= 0.6 is 0 Å². The third-order valence-corrected chi connectivity index (χ3v) is 10.4. The van der Waals surface area contributed by atoms with E-state index in [-0.39, 0.29) is 16.2 Å². The van der Waals surface area contributed by atoms with E-state index < -0.39 is 0 Å². The first kappa shape index (κ1) is 32.7. The quantitative estimate of drug-likeness (QED) is 0.195. The van der Waals surface area contributed by atoms with Crippen LogP contribution in [0.25, 0.3) is 50.6 Å². The molecule has 0 bridgehead atoms. The molecule has 0 atom stereocenters. The van der Waals surface area contributed by atoms with Crippen molar-refractivity contribution in [2.45, 2.75) is 73.6 Å². The summed E-state index contributed by atoms with van der Waals surface area (Å²) in [6.45, 7) is 18.6. The molecule has 4 aromatic carbocycles. The molecular weight excluding hydrogens is 593 g/mol. The second-order valence-corrected chi connectivity index (χ2v) is 16.3. The van der Waals surface area contributed by atoms with E-state index in [1.165, 1.54) is 44.5 Å². The third-order valence-electron chi connectivity index (χ3n) is 10.4. The molecule has 2 nitrogen and oxygen atoms in total. The molecule has 2 heteroatoms. The van der Waals surface area contributed by atoms with Gasteiger partial charge >= 0.3 is 0 Å². The van der Waals surface area contributed by atoms with E-state index in [0.29, 0.717) is 0 Å². The van der Waals surface area contributed by atoms with Crippen molar-refractivity contribution in [2.24, 2.45) is 10.8 Å². The minimum absolute atomic E-state index is 0.0315. The van der Waals surface area contributed by atoms with E-state index in [2.05, 4.69) is 171 Å². The Morgan fingerprint density at radius 3 is 1.86 bits per heavy atom. The van der Waals surface area contributed by atoms with Gasteiger partial charge in [0.2, 0.25) is 0 Å². The predicted octanol–water partition coefficient (Wildman–Crippen LogP) is 12.9. The van der Waals surface area contributed by atoms with Crippen molar-refractivity contribution in [3.63, 3.8) is 0 Å². The highest BCUT2D eigenvalue weighted by Crippen LogP contribution is 2.49. The summed E-state index contributed by atoms with van der Waals surface area (Å²) in [5.74, 6) is 0.735. The lowest BCUT2D eigenvalue weighted by molar-refractivity contribution is 0.480. The zero-order valence-electron chi connectivity index (χ0n) is 30.4. The van der Waals surface area contributed by atoms with Crippen LogP contribution in [0, 0.1) is 10.8 Å². The van der Waals surface area contributed by atoms with E-state index >= 15 is 0 Å². The van der Waals surface area contributed by atoms with Gasteiger partial charge < -0.3 is 0 Å². The molecular formula is C47H48N2. The van der Waals surface area contributed by atoms with Gasteiger partial charge in [-0.25, -0.2) is 9.97 Å². The van der Waals surface area contributed by atoms with Gasteiger partial charge in [0.25, 0.3) is 0 Å². The Morgan fingerprint density at radius 1 is 0.551 bits per heavy atom. The molecule has 5 aromatic rings. The lowest BCUT2D eigenvalue weighted by atomic mass is 9.76. The normalized spacial score (nSPS) is 16.8. The average molecular weight is 641 g/mol. The van der Waals surface area contributed by atoms with Crippen molar-refractivity contribution in [3.05, 3.63) is 149 Å². The smallest absolute Gasteiger partial charge is 0.160 e. The molecule has 1 heterocycles. The highest BCUT2D eigenvalue weighted by Gasteiger charge is 2.35. The number of nitrogens with zero attached hydrogens (tertiary/aromatic N) is 2. The summed E-state index contributed by atoms with van der Waals surface area (Å²) in [6.07, 6.45) is 9.36. The van der Waals surface area contributed by atoms with E-state index in [1.54, 1.807) is 0 Å². The molecule has 0 aliphatic heterocycles. The molecule has 1 aromatic heterocycles. The maximum absolute atomic E-state index is 5.16. The van der Waals surface area contributed by atoms with Crippen LogP contribution in [0.3, 0.4) is 0 Å². The van der Waals surface area contributed by atoms with Gasteiger partial charge in [-0.1, -0.05) is 170 Å². The first-order valence-electron chi connectivity index (χ1n) is 17.7.